The molecule has 4 nitrogen and oxygen atoms in total. The molecule has 3 aromatic rings. The van der Waals surface area contributed by atoms with Gasteiger partial charge >= 0.3 is 0 Å². The van der Waals surface area contributed by atoms with Gasteiger partial charge in [0.25, 0.3) is 0 Å². The lowest BCUT2D eigenvalue weighted by Gasteiger charge is -2.23. The molecule has 0 atom stereocenters. The molecule has 5 heteroatoms. The number of benzene rings is 2. The van der Waals surface area contributed by atoms with Crippen molar-refractivity contribution < 1.29 is 4.79 Å². The molecule has 2 N–H and O–H groups in total. The van der Waals surface area contributed by atoms with Crippen molar-refractivity contribution in [1.82, 2.24) is 10.2 Å². The van der Waals surface area contributed by atoms with Crippen LogP contribution in [0.15, 0.2) is 42.5 Å². The van der Waals surface area contributed by atoms with Crippen LogP contribution in [-0.2, 0) is 4.79 Å². The highest BCUT2D eigenvalue weighted by atomic mass is 35.5. The molecule has 0 bridgehead atoms. The van der Waals surface area contributed by atoms with Crippen LogP contribution in [0.5, 0.6) is 0 Å². The maximum absolute atomic E-state index is 12.1. The van der Waals surface area contributed by atoms with Crippen LogP contribution in [0.2, 0.25) is 5.02 Å². The van der Waals surface area contributed by atoms with Crippen LogP contribution >= 0.6 is 11.6 Å². The van der Waals surface area contributed by atoms with Gasteiger partial charge in [0.1, 0.15) is 0 Å². The number of amides is 1. The number of nitrogens with one attached hydrogen (secondary N) is 2. The van der Waals surface area contributed by atoms with Gasteiger partial charge in [0.2, 0.25) is 5.91 Å². The average molecular weight is 326 g/mol. The number of nitrogens with zero attached hydrogens (tertiary/aromatic N) is 1. The third-order valence-electron chi connectivity index (χ3n) is 4.44. The number of carbonyl (C=O) groups excluding carboxylic acids is 1. The number of halogens is 1. The summed E-state index contributed by atoms with van der Waals surface area (Å²) in [4.78, 5) is 12.1. The van der Waals surface area contributed by atoms with Crippen molar-refractivity contribution in [1.29, 1.82) is 0 Å². The fourth-order valence-corrected chi connectivity index (χ4v) is 3.04. The van der Waals surface area contributed by atoms with Crippen LogP contribution in [0.25, 0.3) is 22.0 Å². The van der Waals surface area contributed by atoms with Gasteiger partial charge in [0, 0.05) is 16.3 Å². The third kappa shape index (κ3) is 2.70. The van der Waals surface area contributed by atoms with Crippen molar-refractivity contribution in [2.45, 2.75) is 19.3 Å². The zero-order valence-corrected chi connectivity index (χ0v) is 13.2. The number of aromatic nitrogens is 2. The van der Waals surface area contributed by atoms with E-state index in [1.165, 1.54) is 0 Å². The molecule has 0 saturated heterocycles. The van der Waals surface area contributed by atoms with Crippen molar-refractivity contribution in [2.24, 2.45) is 5.92 Å². The second-order valence-corrected chi connectivity index (χ2v) is 6.40. The minimum atomic E-state index is 0.0727. The molecule has 1 aliphatic carbocycles. The van der Waals surface area contributed by atoms with Gasteiger partial charge in [-0.2, -0.15) is 5.10 Å². The van der Waals surface area contributed by atoms with Gasteiger partial charge in [-0.3, -0.25) is 9.89 Å². The van der Waals surface area contributed by atoms with Crippen LogP contribution in [0, 0.1) is 5.92 Å². The maximum atomic E-state index is 12.1. The first-order valence-electron chi connectivity index (χ1n) is 7.75. The van der Waals surface area contributed by atoms with Crippen LogP contribution in [0.1, 0.15) is 19.3 Å². The quantitative estimate of drug-likeness (QED) is 0.738. The standard InChI is InChI=1S/C18H16ClN3O/c19-14-6-2-5-12(9-14)13-7-8-15-16(10-13)21-22-17(15)20-18(23)11-3-1-4-11/h2,5-11H,1,3-4H2,(H2,20,21,22,23). The largest absolute Gasteiger partial charge is 0.308 e. The first-order chi connectivity index (χ1) is 11.2. The molecule has 23 heavy (non-hydrogen) atoms. The predicted molar refractivity (Wildman–Crippen MR) is 92.5 cm³/mol. The van der Waals surface area contributed by atoms with Crippen molar-refractivity contribution in [2.75, 3.05) is 5.32 Å². The van der Waals surface area contributed by atoms with E-state index >= 15 is 0 Å². The number of carbonyl (C=O) groups is 1. The molecule has 1 fully saturated rings. The van der Waals surface area contributed by atoms with Gasteiger partial charge < -0.3 is 5.32 Å². The van der Waals surface area contributed by atoms with E-state index in [0.29, 0.717) is 10.8 Å². The highest BCUT2D eigenvalue weighted by Gasteiger charge is 2.26. The van der Waals surface area contributed by atoms with E-state index in [9.17, 15) is 4.79 Å². The minimum absolute atomic E-state index is 0.0727. The highest BCUT2D eigenvalue weighted by molar-refractivity contribution is 6.30. The zero-order valence-electron chi connectivity index (χ0n) is 12.5. The first kappa shape index (κ1) is 14.3. The molecule has 1 aromatic heterocycles. The molecular formula is C18H16ClN3O. The van der Waals surface area contributed by atoms with Crippen LogP contribution in [-0.4, -0.2) is 16.1 Å². The predicted octanol–water partition coefficient (Wildman–Crippen LogP) is 4.62. The lowest BCUT2D eigenvalue weighted by Crippen LogP contribution is -2.28. The Labute approximate surface area is 138 Å². The van der Waals surface area contributed by atoms with E-state index in [1.54, 1.807) is 0 Å². The minimum Gasteiger partial charge on any atom is -0.308 e. The summed E-state index contributed by atoms with van der Waals surface area (Å²) < 4.78 is 0. The molecule has 0 radical (unpaired) electrons. The Bertz CT molecular complexity index is 883. The fourth-order valence-electron chi connectivity index (χ4n) is 2.85. The summed E-state index contributed by atoms with van der Waals surface area (Å²) >= 11 is 6.06. The smallest absolute Gasteiger partial charge is 0.228 e. The number of hydrogen-bond acceptors (Lipinski definition) is 2. The van der Waals surface area contributed by atoms with Crippen molar-refractivity contribution >= 4 is 34.2 Å². The highest BCUT2D eigenvalue weighted by Crippen LogP contribution is 2.30. The van der Waals surface area contributed by atoms with Crippen LogP contribution in [0.3, 0.4) is 0 Å². The summed E-state index contributed by atoms with van der Waals surface area (Å²) in [6.07, 6.45) is 3.10. The number of hydrogen-bond donors (Lipinski definition) is 2. The van der Waals surface area contributed by atoms with Gasteiger partial charge in [-0.25, -0.2) is 0 Å². The van der Waals surface area contributed by atoms with E-state index in [4.69, 9.17) is 11.6 Å². The van der Waals surface area contributed by atoms with Gasteiger partial charge in [0.05, 0.1) is 5.52 Å². The van der Waals surface area contributed by atoms with Gasteiger partial charge in [-0.05, 0) is 48.2 Å². The van der Waals surface area contributed by atoms with E-state index in [1.807, 2.05) is 42.5 Å². The summed E-state index contributed by atoms with van der Waals surface area (Å²) in [6.45, 7) is 0. The summed E-state index contributed by atoms with van der Waals surface area (Å²) in [5.41, 5.74) is 3.00. The second kappa shape index (κ2) is 5.70. The Morgan fingerprint density at radius 2 is 2.00 bits per heavy atom. The maximum Gasteiger partial charge on any atom is 0.228 e. The second-order valence-electron chi connectivity index (χ2n) is 5.96. The molecule has 1 amide bonds. The van der Waals surface area contributed by atoms with Crippen molar-refractivity contribution in [3.8, 4) is 11.1 Å². The normalized spacial score (nSPS) is 14.7. The monoisotopic (exact) mass is 325 g/mol. The van der Waals surface area contributed by atoms with E-state index < -0.39 is 0 Å². The van der Waals surface area contributed by atoms with E-state index in [-0.39, 0.29) is 11.8 Å². The van der Waals surface area contributed by atoms with Crippen LogP contribution in [0.4, 0.5) is 5.82 Å². The van der Waals surface area contributed by atoms with Gasteiger partial charge in [0.15, 0.2) is 5.82 Å². The lowest BCUT2D eigenvalue weighted by molar-refractivity contribution is -0.122. The Morgan fingerprint density at radius 1 is 1.17 bits per heavy atom. The Morgan fingerprint density at radius 3 is 2.74 bits per heavy atom. The zero-order chi connectivity index (χ0) is 15.8. The molecule has 0 spiro atoms. The summed E-state index contributed by atoms with van der Waals surface area (Å²) in [6, 6.07) is 13.7. The SMILES string of the molecule is O=C(Nc1n[nH]c2cc(-c3cccc(Cl)c3)ccc12)C1CCC1. The topological polar surface area (TPSA) is 57.8 Å². The molecule has 1 aliphatic rings. The number of aromatic amines is 1. The van der Waals surface area contributed by atoms with Crippen molar-refractivity contribution in [3.05, 3.63) is 47.5 Å². The Hall–Kier alpha value is -2.33. The van der Waals surface area contributed by atoms with Gasteiger partial charge in [-0.15, -0.1) is 0 Å². The van der Waals surface area contributed by atoms with E-state index in [0.717, 1.165) is 41.3 Å². The Balaban J connectivity index is 1.64. The summed E-state index contributed by atoms with van der Waals surface area (Å²) in [5.74, 6) is 0.825. The fraction of sp³-hybridized carbons (Fsp3) is 0.222. The van der Waals surface area contributed by atoms with Gasteiger partial charge in [-0.1, -0.05) is 36.2 Å². The lowest BCUT2D eigenvalue weighted by atomic mass is 9.85. The third-order valence-corrected chi connectivity index (χ3v) is 4.67. The molecule has 0 unspecified atom stereocenters. The molecule has 0 aliphatic heterocycles. The molecule has 116 valence electrons. The number of fused-ring (bicyclic) bond motifs is 1. The molecular weight excluding hydrogens is 310 g/mol. The first-order valence-corrected chi connectivity index (χ1v) is 8.13. The number of anilines is 1. The molecule has 4 rings (SSSR count). The average Bonchev–Trinajstić information content (AvgIpc) is 2.88. The van der Waals surface area contributed by atoms with E-state index in [2.05, 4.69) is 15.5 Å². The number of H-pyrrole nitrogens is 1. The summed E-state index contributed by atoms with van der Waals surface area (Å²) in [7, 11) is 0. The number of rotatable bonds is 3. The van der Waals surface area contributed by atoms with Crippen molar-refractivity contribution in [3.63, 3.8) is 0 Å². The summed E-state index contributed by atoms with van der Waals surface area (Å²) in [5, 5.41) is 11.8. The molecule has 2 aromatic carbocycles. The van der Waals surface area contributed by atoms with Crippen LogP contribution < -0.4 is 5.32 Å². The molecule has 1 heterocycles. The molecule has 1 saturated carbocycles. The Kier molecular flexibility index (Phi) is 3.54.